The number of rotatable bonds is 4. The van der Waals surface area contributed by atoms with Crippen LogP contribution >= 0.6 is 0 Å². The van der Waals surface area contributed by atoms with E-state index in [-0.39, 0.29) is 6.61 Å². The largest absolute Gasteiger partial charge is 0.489 e. The molecule has 2 aromatic carbocycles. The second-order valence-corrected chi connectivity index (χ2v) is 8.08. The molecule has 2 rings (SSSR count). The molecule has 1 N–H and O–H groups in total. The van der Waals surface area contributed by atoms with Gasteiger partial charge in [0.25, 0.3) is 0 Å². The number of carbonyl (C=O) groups excluding carboxylic acids is 1. The molecule has 0 amide bonds. The molecule has 3 nitrogen and oxygen atoms in total. The Balaban J connectivity index is 0.000000905. The van der Waals surface area contributed by atoms with E-state index in [0.29, 0.717) is 16.7 Å². The van der Waals surface area contributed by atoms with Crippen LogP contribution in [0.25, 0.3) is 0 Å². The lowest BCUT2D eigenvalue weighted by Crippen LogP contribution is -2.05. The van der Waals surface area contributed by atoms with Crippen LogP contribution in [0.4, 0.5) is 18.9 Å². The second-order valence-electron chi connectivity index (χ2n) is 8.08. The van der Waals surface area contributed by atoms with E-state index < -0.39 is 11.7 Å². The van der Waals surface area contributed by atoms with E-state index in [4.69, 9.17) is 9.53 Å². The third-order valence-corrected chi connectivity index (χ3v) is 4.50. The maximum atomic E-state index is 12.5. The molecule has 0 fully saturated rings. The van der Waals surface area contributed by atoms with Gasteiger partial charge in [-0.05, 0) is 60.2 Å². The van der Waals surface area contributed by atoms with Crippen LogP contribution < -0.4 is 10.1 Å². The summed E-state index contributed by atoms with van der Waals surface area (Å²) in [6, 6.07) is 8.82. The van der Waals surface area contributed by atoms with E-state index in [1.54, 1.807) is 0 Å². The van der Waals surface area contributed by atoms with Crippen molar-refractivity contribution >= 4 is 12.5 Å². The summed E-state index contributed by atoms with van der Waals surface area (Å²) in [5.41, 5.74) is 3.76. The summed E-state index contributed by atoms with van der Waals surface area (Å²) in [6.45, 7) is 15.1. The van der Waals surface area contributed by atoms with E-state index in [9.17, 15) is 13.2 Å². The van der Waals surface area contributed by atoms with Gasteiger partial charge in [-0.1, -0.05) is 46.2 Å². The van der Waals surface area contributed by atoms with Gasteiger partial charge in [-0.15, -0.1) is 0 Å². The molecule has 0 saturated carbocycles. The third-order valence-electron chi connectivity index (χ3n) is 4.50. The minimum Gasteiger partial charge on any atom is -0.489 e. The quantitative estimate of drug-likeness (QED) is 0.563. The van der Waals surface area contributed by atoms with Crippen LogP contribution in [-0.4, -0.2) is 13.8 Å². The van der Waals surface area contributed by atoms with Crippen molar-refractivity contribution in [3.05, 3.63) is 58.7 Å². The Morgan fingerprint density at radius 3 is 1.73 bits per heavy atom. The molecule has 0 spiro atoms. The Bertz CT molecular complexity index is 740. The van der Waals surface area contributed by atoms with E-state index in [2.05, 4.69) is 33.0 Å². The molecule has 0 aromatic heterocycles. The molecule has 168 valence electrons. The van der Waals surface area contributed by atoms with Gasteiger partial charge >= 0.3 is 6.18 Å². The van der Waals surface area contributed by atoms with Gasteiger partial charge in [-0.2, -0.15) is 13.2 Å². The maximum Gasteiger partial charge on any atom is 0.416 e. The molecule has 6 heteroatoms. The van der Waals surface area contributed by atoms with Crippen molar-refractivity contribution in [2.45, 2.75) is 60.7 Å². The molecule has 0 aliphatic rings. The van der Waals surface area contributed by atoms with Gasteiger partial charge in [-0.3, -0.25) is 0 Å². The molecule has 0 atom stereocenters. The first-order valence-corrected chi connectivity index (χ1v) is 9.74. The lowest BCUT2D eigenvalue weighted by atomic mass is 9.94. The Kier molecular flexibility index (Phi) is 11.2. The van der Waals surface area contributed by atoms with Gasteiger partial charge < -0.3 is 14.8 Å². The van der Waals surface area contributed by atoms with Gasteiger partial charge in [-0.25, -0.2) is 0 Å². The second kappa shape index (κ2) is 12.3. The van der Waals surface area contributed by atoms with Crippen molar-refractivity contribution in [1.29, 1.82) is 0 Å². The number of anilines is 1. The maximum absolute atomic E-state index is 12.5. The van der Waals surface area contributed by atoms with Crippen LogP contribution in [-0.2, 0) is 17.6 Å². The van der Waals surface area contributed by atoms with Crippen LogP contribution in [0.3, 0.4) is 0 Å². The van der Waals surface area contributed by atoms with Gasteiger partial charge in [0.2, 0.25) is 0 Å². The lowest BCUT2D eigenvalue weighted by molar-refractivity contribution is -0.137. The lowest BCUT2D eigenvalue weighted by Gasteiger charge is -2.13. The predicted octanol–water partition coefficient (Wildman–Crippen LogP) is 7.20. The molecular formula is C24H34F3NO2. The number of alkyl halides is 3. The fourth-order valence-corrected chi connectivity index (χ4v) is 2.36. The molecular weight excluding hydrogens is 391 g/mol. The van der Waals surface area contributed by atoms with E-state index >= 15 is 0 Å². The Morgan fingerprint density at radius 1 is 0.967 bits per heavy atom. The molecule has 0 saturated heterocycles. The average molecular weight is 426 g/mol. The standard InChI is InChI=1S/C17H18F3NO.C6H14.CH2O/c1-11-8-15(9-12(2)16(11)21-3)22-10-13-4-6-14(7-5-13)17(18,19)20;1-5-6(2,3)4;1-2/h4-9,21H,10H2,1-3H3;5H2,1-4H3;1H2. The Labute approximate surface area is 178 Å². The van der Waals surface area contributed by atoms with Crippen molar-refractivity contribution in [2.75, 3.05) is 12.4 Å². The highest BCUT2D eigenvalue weighted by molar-refractivity contribution is 5.59. The third kappa shape index (κ3) is 9.81. The summed E-state index contributed by atoms with van der Waals surface area (Å²) in [7, 11) is 1.86. The summed E-state index contributed by atoms with van der Waals surface area (Å²) < 4.78 is 43.1. The van der Waals surface area contributed by atoms with Gasteiger partial charge in [0.15, 0.2) is 0 Å². The highest BCUT2D eigenvalue weighted by Gasteiger charge is 2.29. The van der Waals surface area contributed by atoms with Crippen LogP contribution in [0.15, 0.2) is 36.4 Å². The topological polar surface area (TPSA) is 38.3 Å². The minimum absolute atomic E-state index is 0.232. The zero-order valence-corrected chi connectivity index (χ0v) is 19.0. The van der Waals surface area contributed by atoms with Crippen molar-refractivity contribution in [1.82, 2.24) is 0 Å². The SMILES string of the molecule is C=O.CCC(C)(C)C.CNc1c(C)cc(OCc2ccc(C(F)(F)F)cc2)cc1C. The van der Waals surface area contributed by atoms with Crippen LogP contribution in [0.1, 0.15) is 56.4 Å². The van der Waals surface area contributed by atoms with Gasteiger partial charge in [0.1, 0.15) is 19.1 Å². The predicted molar refractivity (Wildman–Crippen MR) is 118 cm³/mol. The number of hydrogen-bond acceptors (Lipinski definition) is 3. The van der Waals surface area contributed by atoms with Crippen molar-refractivity contribution in [2.24, 2.45) is 5.41 Å². The number of benzene rings is 2. The molecule has 0 heterocycles. The minimum atomic E-state index is -4.31. The van der Waals surface area contributed by atoms with Crippen molar-refractivity contribution in [3.63, 3.8) is 0 Å². The van der Waals surface area contributed by atoms with E-state index in [0.717, 1.165) is 28.9 Å². The normalized spacial score (nSPS) is 10.9. The van der Waals surface area contributed by atoms with Gasteiger partial charge in [0.05, 0.1) is 5.56 Å². The van der Waals surface area contributed by atoms with Crippen molar-refractivity contribution < 1.29 is 22.7 Å². The Morgan fingerprint density at radius 2 is 1.40 bits per heavy atom. The number of aryl methyl sites for hydroxylation is 2. The highest BCUT2D eigenvalue weighted by atomic mass is 19.4. The van der Waals surface area contributed by atoms with Crippen LogP contribution in [0.2, 0.25) is 0 Å². The Hall–Kier alpha value is -2.50. The fraction of sp³-hybridized carbons (Fsp3) is 0.458. The first-order valence-electron chi connectivity index (χ1n) is 9.74. The zero-order valence-electron chi connectivity index (χ0n) is 19.0. The summed E-state index contributed by atoms with van der Waals surface area (Å²) in [4.78, 5) is 8.00. The van der Waals surface area contributed by atoms with E-state index in [1.165, 1.54) is 18.6 Å². The number of nitrogens with one attached hydrogen (secondary N) is 1. The molecule has 0 aliphatic carbocycles. The number of halogens is 3. The van der Waals surface area contributed by atoms with Crippen molar-refractivity contribution in [3.8, 4) is 5.75 Å². The number of hydrogen-bond donors (Lipinski definition) is 1. The van der Waals surface area contributed by atoms with Crippen LogP contribution in [0, 0.1) is 19.3 Å². The summed E-state index contributed by atoms with van der Waals surface area (Å²) in [5, 5.41) is 3.12. The fourth-order valence-electron chi connectivity index (χ4n) is 2.36. The molecule has 0 bridgehead atoms. The molecule has 0 unspecified atom stereocenters. The summed E-state index contributed by atoms with van der Waals surface area (Å²) in [5.74, 6) is 0.703. The van der Waals surface area contributed by atoms with Crippen LogP contribution in [0.5, 0.6) is 5.75 Å². The summed E-state index contributed by atoms with van der Waals surface area (Å²) in [6.07, 6.45) is -3.04. The highest BCUT2D eigenvalue weighted by Crippen LogP contribution is 2.30. The number of carbonyl (C=O) groups is 1. The van der Waals surface area contributed by atoms with Gasteiger partial charge in [0, 0.05) is 12.7 Å². The number of ether oxygens (including phenoxy) is 1. The molecule has 0 radical (unpaired) electrons. The zero-order chi connectivity index (χ0) is 23.5. The monoisotopic (exact) mass is 425 g/mol. The molecule has 0 aliphatic heterocycles. The first kappa shape index (κ1) is 27.5. The smallest absolute Gasteiger partial charge is 0.416 e. The average Bonchev–Trinajstić information content (AvgIpc) is 2.67. The molecule has 30 heavy (non-hydrogen) atoms. The molecule has 2 aromatic rings. The van der Waals surface area contributed by atoms with E-state index in [1.807, 2.05) is 39.8 Å². The first-order chi connectivity index (χ1) is 13.9. The summed E-state index contributed by atoms with van der Waals surface area (Å²) >= 11 is 0.